The number of halogens is 3. The van der Waals surface area contributed by atoms with Crippen LogP contribution in [0, 0.1) is 0 Å². The van der Waals surface area contributed by atoms with E-state index >= 15 is 0 Å². The molecule has 6 heteroatoms. The number of aromatic nitrogens is 1. The van der Waals surface area contributed by atoms with Crippen molar-refractivity contribution in [2.24, 2.45) is 0 Å². The molecule has 5 rings (SSSR count). The summed E-state index contributed by atoms with van der Waals surface area (Å²) >= 11 is 18.7. The molecule has 0 fully saturated rings. The highest BCUT2D eigenvalue weighted by atomic mass is 35.5. The lowest BCUT2D eigenvalue weighted by molar-refractivity contribution is -0.121. The van der Waals surface area contributed by atoms with Crippen LogP contribution in [0.4, 0.5) is 0 Å². The summed E-state index contributed by atoms with van der Waals surface area (Å²) in [6.07, 6.45) is 3.11. The van der Waals surface area contributed by atoms with Crippen molar-refractivity contribution in [3.63, 3.8) is 0 Å². The highest BCUT2D eigenvalue weighted by Gasteiger charge is 2.23. The topological polar surface area (TPSA) is 34.0 Å². The van der Waals surface area contributed by atoms with Crippen molar-refractivity contribution in [2.75, 3.05) is 6.54 Å². The Morgan fingerprint density at radius 3 is 2.37 bits per heavy atom. The van der Waals surface area contributed by atoms with Gasteiger partial charge >= 0.3 is 0 Å². The van der Waals surface area contributed by atoms with Gasteiger partial charge in [0.1, 0.15) is 0 Å². The lowest BCUT2D eigenvalue weighted by Crippen LogP contribution is -2.27. The molecular formula is C32H27Cl3N2O. The predicted molar refractivity (Wildman–Crippen MR) is 159 cm³/mol. The Morgan fingerprint density at radius 2 is 1.58 bits per heavy atom. The summed E-state index contributed by atoms with van der Waals surface area (Å²) in [4.78, 5) is 13.2. The quantitative estimate of drug-likeness (QED) is 0.192. The van der Waals surface area contributed by atoms with Gasteiger partial charge in [-0.25, -0.2) is 0 Å². The maximum absolute atomic E-state index is 13.2. The van der Waals surface area contributed by atoms with E-state index in [2.05, 4.69) is 58.5 Å². The van der Waals surface area contributed by atoms with E-state index in [1.54, 1.807) is 6.07 Å². The Morgan fingerprint density at radius 1 is 0.816 bits per heavy atom. The Hall–Kier alpha value is -3.24. The second-order valence-corrected chi connectivity index (χ2v) is 10.6. The average molecular weight is 562 g/mol. The Balaban J connectivity index is 1.42. The minimum absolute atomic E-state index is 0.0278. The van der Waals surface area contributed by atoms with Crippen molar-refractivity contribution in [1.29, 1.82) is 0 Å². The molecule has 38 heavy (non-hydrogen) atoms. The summed E-state index contributed by atoms with van der Waals surface area (Å²) in [6.45, 7) is 1.23. The van der Waals surface area contributed by atoms with Crippen LogP contribution in [0.5, 0.6) is 0 Å². The van der Waals surface area contributed by atoms with Gasteiger partial charge < -0.3 is 9.88 Å². The molecule has 5 aromatic rings. The van der Waals surface area contributed by atoms with Crippen molar-refractivity contribution in [2.45, 2.75) is 25.3 Å². The number of carbonyl (C=O) groups excluding carboxylic acids is 1. The van der Waals surface area contributed by atoms with Gasteiger partial charge in [0, 0.05) is 57.6 Å². The first-order valence-electron chi connectivity index (χ1n) is 12.6. The molecule has 3 nitrogen and oxygen atoms in total. The normalized spacial score (nSPS) is 12.0. The third-order valence-corrected chi connectivity index (χ3v) is 7.58. The van der Waals surface area contributed by atoms with Gasteiger partial charge in [-0.1, -0.05) is 102 Å². The van der Waals surface area contributed by atoms with E-state index in [-0.39, 0.29) is 11.8 Å². The minimum atomic E-state index is -0.158. The molecule has 1 aromatic heterocycles. The number of hydrogen-bond acceptors (Lipinski definition) is 1. The smallest absolute Gasteiger partial charge is 0.220 e. The van der Waals surface area contributed by atoms with Crippen molar-refractivity contribution in [1.82, 2.24) is 9.88 Å². The Labute approximate surface area is 238 Å². The van der Waals surface area contributed by atoms with Crippen LogP contribution in [-0.2, 0) is 17.8 Å². The number of carbonyl (C=O) groups is 1. The van der Waals surface area contributed by atoms with Crippen molar-refractivity contribution >= 4 is 51.6 Å². The molecule has 0 saturated carbocycles. The van der Waals surface area contributed by atoms with E-state index in [4.69, 9.17) is 34.8 Å². The fourth-order valence-electron chi connectivity index (χ4n) is 4.91. The van der Waals surface area contributed by atoms with Gasteiger partial charge in [-0.3, -0.25) is 4.79 Å². The van der Waals surface area contributed by atoms with Crippen LogP contribution < -0.4 is 5.32 Å². The number of amides is 1. The molecule has 1 atom stereocenters. The van der Waals surface area contributed by atoms with E-state index in [1.165, 1.54) is 5.56 Å². The molecule has 1 heterocycles. The number of rotatable bonds is 9. The molecule has 0 aliphatic rings. The fourth-order valence-corrected chi connectivity index (χ4v) is 5.61. The van der Waals surface area contributed by atoms with Gasteiger partial charge in [0.05, 0.1) is 0 Å². The Kier molecular flexibility index (Phi) is 8.38. The lowest BCUT2D eigenvalue weighted by atomic mass is 9.88. The monoisotopic (exact) mass is 560 g/mol. The summed E-state index contributed by atoms with van der Waals surface area (Å²) in [7, 11) is 0. The largest absolute Gasteiger partial charge is 0.356 e. The lowest BCUT2D eigenvalue weighted by Gasteiger charge is -2.18. The van der Waals surface area contributed by atoms with Gasteiger partial charge in [-0.2, -0.15) is 0 Å². The van der Waals surface area contributed by atoms with Crippen molar-refractivity contribution in [3.8, 4) is 0 Å². The van der Waals surface area contributed by atoms with Gasteiger partial charge in [-0.15, -0.1) is 0 Å². The first kappa shape index (κ1) is 26.4. The average Bonchev–Trinajstić information content (AvgIpc) is 3.27. The van der Waals surface area contributed by atoms with Crippen molar-refractivity contribution in [3.05, 3.63) is 141 Å². The zero-order chi connectivity index (χ0) is 26.5. The first-order chi connectivity index (χ1) is 18.5. The van der Waals surface area contributed by atoms with Crippen LogP contribution in [0.3, 0.4) is 0 Å². The zero-order valence-corrected chi connectivity index (χ0v) is 23.0. The molecule has 0 spiro atoms. The molecule has 1 unspecified atom stereocenters. The van der Waals surface area contributed by atoms with E-state index in [0.717, 1.165) is 34.1 Å². The molecule has 0 aliphatic heterocycles. The molecule has 1 amide bonds. The van der Waals surface area contributed by atoms with E-state index < -0.39 is 0 Å². The van der Waals surface area contributed by atoms with Crippen LogP contribution in [0.25, 0.3) is 10.9 Å². The molecule has 1 N–H and O–H groups in total. The third-order valence-electron chi connectivity index (χ3n) is 6.76. The van der Waals surface area contributed by atoms with Crippen LogP contribution in [-0.4, -0.2) is 17.0 Å². The molecule has 192 valence electrons. The highest BCUT2D eigenvalue weighted by Crippen LogP contribution is 2.36. The second kappa shape index (κ2) is 12.1. The van der Waals surface area contributed by atoms with Crippen molar-refractivity contribution < 1.29 is 4.79 Å². The van der Waals surface area contributed by atoms with E-state index in [1.807, 2.05) is 48.5 Å². The van der Waals surface area contributed by atoms with Crippen LogP contribution in [0.2, 0.25) is 15.1 Å². The van der Waals surface area contributed by atoms with Crippen LogP contribution >= 0.6 is 34.8 Å². The van der Waals surface area contributed by atoms with E-state index in [9.17, 15) is 4.79 Å². The third kappa shape index (κ3) is 6.24. The van der Waals surface area contributed by atoms with Gasteiger partial charge in [-0.05, 0) is 59.0 Å². The SMILES string of the molecule is O=C(CC(c1cccc(Cl)c1)c1cn(Cc2ccccc2)c2ccccc12)NCCc1ccc(Cl)cc1Cl. The number of benzene rings is 4. The van der Waals surface area contributed by atoms with E-state index in [0.29, 0.717) is 34.5 Å². The maximum atomic E-state index is 13.2. The molecular weight excluding hydrogens is 535 g/mol. The predicted octanol–water partition coefficient (Wildman–Crippen LogP) is 8.53. The maximum Gasteiger partial charge on any atom is 0.220 e. The van der Waals surface area contributed by atoms with Gasteiger partial charge in [0.25, 0.3) is 0 Å². The Bertz CT molecular complexity index is 1560. The first-order valence-corrected chi connectivity index (χ1v) is 13.7. The molecule has 0 saturated heterocycles. The minimum Gasteiger partial charge on any atom is -0.356 e. The fraction of sp³-hybridized carbons (Fsp3) is 0.156. The molecule has 0 radical (unpaired) electrons. The second-order valence-electron chi connectivity index (χ2n) is 9.36. The standard InChI is InChI=1S/C32H27Cl3N2O/c33-25-10-6-9-24(17-25)28(19-32(38)36-16-15-23-13-14-26(34)18-30(23)35)29-21-37(20-22-7-2-1-3-8-22)31-12-5-4-11-27(29)31/h1-14,17-18,21,28H,15-16,19-20H2,(H,36,38). The summed E-state index contributed by atoms with van der Waals surface area (Å²) in [5.41, 5.74) is 5.42. The number of nitrogens with one attached hydrogen (secondary N) is 1. The number of hydrogen-bond donors (Lipinski definition) is 1. The summed E-state index contributed by atoms with van der Waals surface area (Å²) in [6, 6.07) is 32.0. The zero-order valence-electron chi connectivity index (χ0n) is 20.7. The summed E-state index contributed by atoms with van der Waals surface area (Å²) < 4.78 is 2.26. The highest BCUT2D eigenvalue weighted by molar-refractivity contribution is 6.35. The number of fused-ring (bicyclic) bond motifs is 1. The number of para-hydroxylation sites is 1. The molecule has 4 aromatic carbocycles. The molecule has 0 aliphatic carbocycles. The summed E-state index contributed by atoms with van der Waals surface area (Å²) in [5.74, 6) is -0.185. The van der Waals surface area contributed by atoms with Gasteiger partial charge in [0.15, 0.2) is 0 Å². The number of nitrogens with zero attached hydrogens (tertiary/aromatic N) is 1. The van der Waals surface area contributed by atoms with Gasteiger partial charge in [0.2, 0.25) is 5.91 Å². The van der Waals surface area contributed by atoms with Crippen LogP contribution in [0.1, 0.15) is 34.6 Å². The van der Waals surface area contributed by atoms with Crippen LogP contribution in [0.15, 0.2) is 103 Å². The molecule has 0 bridgehead atoms. The summed E-state index contributed by atoms with van der Waals surface area (Å²) in [5, 5.41) is 6.07.